The second kappa shape index (κ2) is 5.28. The maximum atomic E-state index is 10.5. The number of rotatable bonds is 3. The molecule has 1 saturated carbocycles. The van der Waals surface area contributed by atoms with Gasteiger partial charge in [-0.25, -0.2) is 4.98 Å². The molecule has 1 aliphatic heterocycles. The molecule has 2 heterocycles. The summed E-state index contributed by atoms with van der Waals surface area (Å²) in [6.45, 7) is 0.644. The minimum absolute atomic E-state index is 0.172. The maximum Gasteiger partial charge on any atom is 0.0957 e. The van der Waals surface area contributed by atoms with Gasteiger partial charge < -0.3 is 9.77 Å². The Kier molecular flexibility index (Phi) is 3.28. The van der Waals surface area contributed by atoms with E-state index in [4.69, 9.17) is 0 Å². The minimum Gasteiger partial charge on any atom is -0.322 e. The summed E-state index contributed by atoms with van der Waals surface area (Å²) in [5.74, 6) is 0. The first-order valence-electron chi connectivity index (χ1n) is 7.91. The zero-order valence-electron chi connectivity index (χ0n) is 12.2. The Labute approximate surface area is 125 Å². The highest BCUT2D eigenvalue weighted by Crippen LogP contribution is 2.39. The Hall–Kier alpha value is -1.65. The quantitative estimate of drug-likeness (QED) is 0.877. The van der Waals surface area contributed by atoms with E-state index in [0.717, 1.165) is 18.5 Å². The van der Waals surface area contributed by atoms with Crippen molar-refractivity contribution in [2.24, 2.45) is 0 Å². The normalized spacial score (nSPS) is 21.5. The molecule has 0 radical (unpaired) electrons. The minimum atomic E-state index is 0.172. The number of benzene rings is 1. The zero-order chi connectivity index (χ0) is 14.2. The van der Waals surface area contributed by atoms with Gasteiger partial charge in [-0.05, 0) is 18.4 Å². The zero-order valence-corrected chi connectivity index (χ0v) is 12.2. The van der Waals surface area contributed by atoms with Crippen LogP contribution in [0.1, 0.15) is 43.7 Å². The van der Waals surface area contributed by atoms with Crippen molar-refractivity contribution >= 4 is 0 Å². The lowest BCUT2D eigenvalue weighted by Crippen LogP contribution is -2.37. The van der Waals surface area contributed by atoms with Crippen molar-refractivity contribution in [3.8, 4) is 11.3 Å². The van der Waals surface area contributed by atoms with E-state index in [2.05, 4.69) is 33.8 Å². The molecule has 4 heteroatoms. The Morgan fingerprint density at radius 3 is 2.86 bits per heavy atom. The third-order valence-corrected chi connectivity index (χ3v) is 4.95. The molecule has 0 spiro atoms. The lowest BCUT2D eigenvalue weighted by Gasteiger charge is -2.31. The monoisotopic (exact) mass is 283 g/mol. The van der Waals surface area contributed by atoms with E-state index in [-0.39, 0.29) is 6.04 Å². The molecule has 21 heavy (non-hydrogen) atoms. The summed E-state index contributed by atoms with van der Waals surface area (Å²) in [5.41, 5.74) is 3.70. The van der Waals surface area contributed by atoms with E-state index in [1.54, 1.807) is 5.06 Å². The van der Waals surface area contributed by atoms with Crippen LogP contribution in [-0.4, -0.2) is 32.4 Å². The summed E-state index contributed by atoms with van der Waals surface area (Å²) in [7, 11) is 0. The molecule has 1 N–H and O–H groups in total. The topological polar surface area (TPSA) is 41.3 Å². The van der Waals surface area contributed by atoms with Gasteiger partial charge >= 0.3 is 0 Å². The summed E-state index contributed by atoms with van der Waals surface area (Å²) in [6, 6.07) is 8.95. The Morgan fingerprint density at radius 1 is 1.19 bits per heavy atom. The number of aromatic nitrogens is 2. The molecule has 1 aliphatic carbocycles. The third kappa shape index (κ3) is 2.19. The van der Waals surface area contributed by atoms with Crippen LogP contribution in [0.4, 0.5) is 0 Å². The van der Waals surface area contributed by atoms with E-state index in [1.807, 2.05) is 12.5 Å². The lowest BCUT2D eigenvalue weighted by molar-refractivity contribution is -0.139. The fourth-order valence-corrected chi connectivity index (χ4v) is 3.82. The first-order valence-corrected chi connectivity index (χ1v) is 7.91. The van der Waals surface area contributed by atoms with Gasteiger partial charge in [0.15, 0.2) is 0 Å². The van der Waals surface area contributed by atoms with Crippen molar-refractivity contribution in [3.63, 3.8) is 0 Å². The molecule has 1 fully saturated rings. The third-order valence-electron chi connectivity index (χ3n) is 4.95. The van der Waals surface area contributed by atoms with Crippen molar-refractivity contribution in [2.75, 3.05) is 6.54 Å². The number of hydrogen-bond donors (Lipinski definition) is 1. The SMILES string of the molecule is ON(CC1c2ccccc2-c2cncn21)C1CCCCC1. The molecular weight excluding hydrogens is 262 g/mol. The van der Waals surface area contributed by atoms with Gasteiger partial charge in [-0.1, -0.05) is 43.5 Å². The van der Waals surface area contributed by atoms with Crippen LogP contribution >= 0.6 is 0 Å². The van der Waals surface area contributed by atoms with E-state index in [9.17, 15) is 5.21 Å². The summed E-state index contributed by atoms with van der Waals surface area (Å²) in [4.78, 5) is 4.28. The lowest BCUT2D eigenvalue weighted by atomic mass is 9.94. The molecule has 4 rings (SSSR count). The molecule has 1 aromatic heterocycles. The summed E-state index contributed by atoms with van der Waals surface area (Å²) in [6.07, 6.45) is 9.81. The molecule has 1 aromatic carbocycles. The van der Waals surface area contributed by atoms with Crippen molar-refractivity contribution in [2.45, 2.75) is 44.2 Å². The van der Waals surface area contributed by atoms with Gasteiger partial charge in [0.1, 0.15) is 0 Å². The van der Waals surface area contributed by atoms with Crippen LogP contribution in [0.5, 0.6) is 0 Å². The standard InChI is InChI=1S/C17H21N3O/c21-20(13-6-2-1-3-7-13)11-17-15-9-5-4-8-14(15)16-10-18-12-19(16)17/h4-5,8-10,12-13,17,21H,1-3,6-7,11H2. The fraction of sp³-hybridized carbons (Fsp3) is 0.471. The highest BCUT2D eigenvalue weighted by atomic mass is 16.5. The average molecular weight is 283 g/mol. The van der Waals surface area contributed by atoms with E-state index in [0.29, 0.717) is 12.6 Å². The summed E-state index contributed by atoms with van der Waals surface area (Å²) >= 11 is 0. The number of hydroxylamine groups is 2. The van der Waals surface area contributed by atoms with Crippen LogP contribution in [0.3, 0.4) is 0 Å². The predicted molar refractivity (Wildman–Crippen MR) is 81.2 cm³/mol. The first kappa shape index (κ1) is 13.0. The molecular formula is C17H21N3O. The fourth-order valence-electron chi connectivity index (χ4n) is 3.82. The smallest absolute Gasteiger partial charge is 0.0957 e. The summed E-state index contributed by atoms with van der Waals surface area (Å²) < 4.78 is 2.19. The van der Waals surface area contributed by atoms with Gasteiger partial charge in [0, 0.05) is 18.2 Å². The molecule has 4 nitrogen and oxygen atoms in total. The maximum absolute atomic E-state index is 10.5. The largest absolute Gasteiger partial charge is 0.322 e. The van der Waals surface area contributed by atoms with Crippen LogP contribution in [0.25, 0.3) is 11.3 Å². The van der Waals surface area contributed by atoms with Crippen LogP contribution in [0.2, 0.25) is 0 Å². The van der Waals surface area contributed by atoms with Gasteiger partial charge in [0.25, 0.3) is 0 Å². The molecule has 1 atom stereocenters. The highest BCUT2D eigenvalue weighted by Gasteiger charge is 2.31. The predicted octanol–water partition coefficient (Wildman–Crippen LogP) is 3.48. The van der Waals surface area contributed by atoms with Crippen molar-refractivity contribution in [1.29, 1.82) is 0 Å². The van der Waals surface area contributed by atoms with E-state index < -0.39 is 0 Å². The highest BCUT2D eigenvalue weighted by molar-refractivity contribution is 5.68. The van der Waals surface area contributed by atoms with Gasteiger partial charge in [-0.15, -0.1) is 0 Å². The number of fused-ring (bicyclic) bond motifs is 3. The number of nitrogens with zero attached hydrogens (tertiary/aromatic N) is 3. The van der Waals surface area contributed by atoms with Crippen LogP contribution in [0.15, 0.2) is 36.8 Å². The second-order valence-corrected chi connectivity index (χ2v) is 6.20. The molecule has 0 saturated heterocycles. The van der Waals surface area contributed by atoms with Crippen molar-refractivity contribution in [1.82, 2.24) is 14.6 Å². The number of imidazole rings is 1. The van der Waals surface area contributed by atoms with Crippen LogP contribution in [-0.2, 0) is 0 Å². The molecule has 2 aliphatic rings. The summed E-state index contributed by atoms with van der Waals surface area (Å²) in [5, 5.41) is 12.1. The Bertz CT molecular complexity index is 630. The van der Waals surface area contributed by atoms with Crippen LogP contribution < -0.4 is 0 Å². The van der Waals surface area contributed by atoms with E-state index >= 15 is 0 Å². The number of hydrogen-bond acceptors (Lipinski definition) is 3. The molecule has 0 bridgehead atoms. The van der Waals surface area contributed by atoms with Crippen LogP contribution in [0, 0.1) is 0 Å². The van der Waals surface area contributed by atoms with Gasteiger partial charge in [-0.2, -0.15) is 5.06 Å². The Balaban J connectivity index is 1.60. The average Bonchev–Trinajstić information content (AvgIpc) is 3.11. The van der Waals surface area contributed by atoms with E-state index in [1.165, 1.54) is 30.4 Å². The molecule has 1 unspecified atom stereocenters. The first-order chi connectivity index (χ1) is 10.3. The van der Waals surface area contributed by atoms with Crippen molar-refractivity contribution < 1.29 is 5.21 Å². The van der Waals surface area contributed by atoms with Crippen molar-refractivity contribution in [3.05, 3.63) is 42.4 Å². The van der Waals surface area contributed by atoms with Gasteiger partial charge in [-0.3, -0.25) is 0 Å². The molecule has 0 amide bonds. The van der Waals surface area contributed by atoms with Gasteiger partial charge in [0.05, 0.1) is 24.3 Å². The second-order valence-electron chi connectivity index (χ2n) is 6.20. The Morgan fingerprint density at radius 2 is 2.00 bits per heavy atom. The van der Waals surface area contributed by atoms with Gasteiger partial charge in [0.2, 0.25) is 0 Å². The molecule has 110 valence electrons. The molecule has 2 aromatic rings.